The zero-order valence-electron chi connectivity index (χ0n) is 17.4. The average molecular weight is 444 g/mol. The molecule has 0 saturated carbocycles. The first-order chi connectivity index (χ1) is 14.6. The lowest BCUT2D eigenvalue weighted by atomic mass is 9.91. The maximum Gasteiger partial charge on any atom is 0.407 e. The second-order valence-electron chi connectivity index (χ2n) is 8.61. The van der Waals surface area contributed by atoms with Crippen molar-refractivity contribution in [3.63, 3.8) is 0 Å². The number of amides is 1. The molecule has 1 heterocycles. The number of alkyl carbamates (subject to hydrolysis) is 1. The van der Waals surface area contributed by atoms with Gasteiger partial charge in [0.15, 0.2) is 15.1 Å². The number of fused-ring (bicyclic) bond motifs is 3. The number of hydrogen-bond donors (Lipinski definition) is 2. The Kier molecular flexibility index (Phi) is 5.29. The van der Waals surface area contributed by atoms with Crippen molar-refractivity contribution < 1.29 is 27.9 Å². The number of sulfone groups is 1. The van der Waals surface area contributed by atoms with E-state index in [4.69, 9.17) is 4.74 Å². The summed E-state index contributed by atoms with van der Waals surface area (Å²) in [5, 5.41) is 10.4. The molecule has 2 N–H and O–H groups in total. The molecule has 0 aromatic heterocycles. The number of carboxylic acids is 1. The lowest BCUT2D eigenvalue weighted by Crippen LogP contribution is -2.42. The summed E-state index contributed by atoms with van der Waals surface area (Å²) in [5.41, 5.74) is 4.46. The van der Waals surface area contributed by atoms with Gasteiger partial charge >= 0.3 is 12.1 Å². The highest BCUT2D eigenvalue weighted by Crippen LogP contribution is 2.44. The van der Waals surface area contributed by atoms with E-state index in [2.05, 4.69) is 17.4 Å². The summed E-state index contributed by atoms with van der Waals surface area (Å²) in [7, 11) is -3.85. The molecule has 2 aliphatic rings. The van der Waals surface area contributed by atoms with Gasteiger partial charge in [-0.25, -0.2) is 13.2 Å². The Morgan fingerprint density at radius 2 is 1.61 bits per heavy atom. The third-order valence-electron chi connectivity index (χ3n) is 6.70. The molecule has 2 atom stereocenters. The molecule has 31 heavy (non-hydrogen) atoms. The molecule has 164 valence electrons. The minimum Gasteiger partial charge on any atom is -0.480 e. The zero-order chi connectivity index (χ0) is 22.4. The van der Waals surface area contributed by atoms with E-state index in [0.29, 0.717) is 0 Å². The summed E-state index contributed by atoms with van der Waals surface area (Å²) in [6, 6.07) is 16.0. The molecule has 0 spiro atoms. The molecule has 0 radical (unpaired) electrons. The SMILES string of the molecule is CC1(C)C(CNC(=O)OCC2c3ccccc3-c3ccccc32)CC(C(=O)O)S1(=O)=O. The zero-order valence-corrected chi connectivity index (χ0v) is 18.2. The van der Waals surface area contributed by atoms with Crippen LogP contribution < -0.4 is 5.32 Å². The lowest BCUT2D eigenvalue weighted by molar-refractivity contribution is -0.136. The molecule has 4 rings (SSSR count). The van der Waals surface area contributed by atoms with Gasteiger partial charge in [-0.2, -0.15) is 0 Å². The Morgan fingerprint density at radius 1 is 1.06 bits per heavy atom. The first kappa shape index (κ1) is 21.4. The predicted octanol–water partition coefficient (Wildman–Crippen LogP) is 3.19. The molecule has 2 aromatic rings. The van der Waals surface area contributed by atoms with Gasteiger partial charge in [0, 0.05) is 12.5 Å². The monoisotopic (exact) mass is 443 g/mol. The van der Waals surface area contributed by atoms with E-state index in [9.17, 15) is 23.1 Å². The van der Waals surface area contributed by atoms with E-state index in [1.54, 1.807) is 0 Å². The van der Waals surface area contributed by atoms with Crippen LogP contribution in [0.4, 0.5) is 4.79 Å². The van der Waals surface area contributed by atoms with E-state index in [1.165, 1.54) is 13.8 Å². The molecule has 1 fully saturated rings. The number of aliphatic carboxylic acids is 1. The fraction of sp³-hybridized carbons (Fsp3) is 0.391. The summed E-state index contributed by atoms with van der Waals surface area (Å²) in [5.74, 6) is -1.94. The van der Waals surface area contributed by atoms with Crippen molar-refractivity contribution in [2.24, 2.45) is 5.92 Å². The Bertz CT molecular complexity index is 1090. The van der Waals surface area contributed by atoms with Crippen molar-refractivity contribution in [1.29, 1.82) is 0 Å². The number of rotatable bonds is 5. The van der Waals surface area contributed by atoms with Crippen LogP contribution in [0, 0.1) is 5.92 Å². The largest absolute Gasteiger partial charge is 0.480 e. The summed E-state index contributed by atoms with van der Waals surface area (Å²) >= 11 is 0. The first-order valence-corrected chi connectivity index (χ1v) is 11.7. The lowest BCUT2D eigenvalue weighted by Gasteiger charge is -2.25. The van der Waals surface area contributed by atoms with Crippen LogP contribution in [-0.2, 0) is 19.4 Å². The molecular weight excluding hydrogens is 418 g/mol. The molecule has 1 saturated heterocycles. The molecule has 0 bridgehead atoms. The number of carbonyl (C=O) groups excluding carboxylic acids is 1. The van der Waals surface area contributed by atoms with Crippen LogP contribution in [0.15, 0.2) is 48.5 Å². The summed E-state index contributed by atoms with van der Waals surface area (Å²) in [6.07, 6.45) is -0.678. The van der Waals surface area contributed by atoms with Crippen molar-refractivity contribution >= 4 is 21.9 Å². The van der Waals surface area contributed by atoms with E-state index in [-0.39, 0.29) is 25.5 Å². The van der Waals surface area contributed by atoms with Gasteiger partial charge in [0.1, 0.15) is 6.61 Å². The average Bonchev–Trinajstić information content (AvgIpc) is 3.14. The highest BCUT2D eigenvalue weighted by molar-refractivity contribution is 7.94. The van der Waals surface area contributed by atoms with Crippen molar-refractivity contribution in [3.05, 3.63) is 59.7 Å². The Labute approximate surface area is 181 Å². The maximum atomic E-state index is 12.5. The standard InChI is InChI=1S/C23H25NO6S/c1-23(2)14(11-20(21(25)26)31(23,28)29)12-24-22(27)30-13-19-17-9-5-3-7-15(17)16-8-4-6-10-18(16)19/h3-10,14,19-20H,11-13H2,1-2H3,(H,24,27)(H,25,26). The Hall–Kier alpha value is -2.87. The van der Waals surface area contributed by atoms with Crippen molar-refractivity contribution in [2.45, 2.75) is 36.2 Å². The van der Waals surface area contributed by atoms with Crippen LogP contribution in [0.3, 0.4) is 0 Å². The highest BCUT2D eigenvalue weighted by Gasteiger charge is 2.56. The molecule has 1 aliphatic carbocycles. The number of benzene rings is 2. The van der Waals surface area contributed by atoms with Gasteiger partial charge in [-0.1, -0.05) is 48.5 Å². The van der Waals surface area contributed by atoms with E-state index in [1.807, 2.05) is 36.4 Å². The van der Waals surface area contributed by atoms with Crippen LogP contribution >= 0.6 is 0 Å². The quantitative estimate of drug-likeness (QED) is 0.734. The van der Waals surface area contributed by atoms with Crippen LogP contribution in [0.5, 0.6) is 0 Å². The number of hydrogen-bond acceptors (Lipinski definition) is 5. The van der Waals surface area contributed by atoms with Gasteiger partial charge in [0.05, 0.1) is 4.75 Å². The molecule has 2 aromatic carbocycles. The Balaban J connectivity index is 1.40. The van der Waals surface area contributed by atoms with Gasteiger partial charge in [0.25, 0.3) is 0 Å². The summed E-state index contributed by atoms with van der Waals surface area (Å²) < 4.78 is 29.3. The smallest absolute Gasteiger partial charge is 0.407 e. The van der Waals surface area contributed by atoms with Crippen molar-refractivity contribution in [3.8, 4) is 11.1 Å². The molecule has 1 aliphatic heterocycles. The first-order valence-electron chi connectivity index (χ1n) is 10.2. The van der Waals surface area contributed by atoms with Gasteiger partial charge in [-0.05, 0) is 48.4 Å². The molecule has 2 unspecified atom stereocenters. The van der Waals surface area contributed by atoms with Crippen LogP contribution in [-0.4, -0.2) is 48.7 Å². The van der Waals surface area contributed by atoms with Gasteiger partial charge in [0.2, 0.25) is 0 Å². The molecule has 8 heteroatoms. The second kappa shape index (κ2) is 7.67. The van der Waals surface area contributed by atoms with Crippen molar-refractivity contribution in [2.75, 3.05) is 13.2 Å². The number of ether oxygens (including phenoxy) is 1. The normalized spacial score (nSPS) is 23.0. The number of nitrogens with one attached hydrogen (secondary N) is 1. The predicted molar refractivity (Wildman–Crippen MR) is 116 cm³/mol. The topological polar surface area (TPSA) is 110 Å². The molecule has 1 amide bonds. The minimum atomic E-state index is -3.85. The van der Waals surface area contributed by atoms with E-state index < -0.39 is 37.8 Å². The third kappa shape index (κ3) is 3.48. The Morgan fingerprint density at radius 3 is 2.13 bits per heavy atom. The van der Waals surface area contributed by atoms with Crippen LogP contribution in [0.2, 0.25) is 0 Å². The molecular formula is C23H25NO6S. The summed E-state index contributed by atoms with van der Waals surface area (Å²) in [6.45, 7) is 3.21. The van der Waals surface area contributed by atoms with Crippen LogP contribution in [0.25, 0.3) is 11.1 Å². The van der Waals surface area contributed by atoms with Crippen molar-refractivity contribution in [1.82, 2.24) is 5.32 Å². The van der Waals surface area contributed by atoms with Gasteiger partial charge in [-0.15, -0.1) is 0 Å². The second-order valence-corrected chi connectivity index (χ2v) is 11.3. The molecule has 7 nitrogen and oxygen atoms in total. The van der Waals surface area contributed by atoms with E-state index in [0.717, 1.165) is 22.3 Å². The summed E-state index contributed by atoms with van der Waals surface area (Å²) in [4.78, 5) is 23.7. The number of carboxylic acid groups (broad SMARTS) is 1. The van der Waals surface area contributed by atoms with Crippen LogP contribution in [0.1, 0.15) is 37.3 Å². The third-order valence-corrected chi connectivity index (χ3v) is 9.64. The fourth-order valence-corrected chi connectivity index (χ4v) is 6.82. The van der Waals surface area contributed by atoms with Gasteiger partial charge in [-0.3, -0.25) is 4.79 Å². The fourth-order valence-electron chi connectivity index (χ4n) is 4.69. The minimum absolute atomic E-state index is 0.0334. The number of carbonyl (C=O) groups is 2. The maximum absolute atomic E-state index is 12.5. The van der Waals surface area contributed by atoms with E-state index >= 15 is 0 Å². The highest BCUT2D eigenvalue weighted by atomic mass is 32.2. The van der Waals surface area contributed by atoms with Gasteiger partial charge < -0.3 is 15.2 Å².